The third-order valence-corrected chi connectivity index (χ3v) is 3.07. The van der Waals surface area contributed by atoms with Crippen molar-refractivity contribution in [3.8, 4) is 11.3 Å². The van der Waals surface area contributed by atoms with Gasteiger partial charge in [0.1, 0.15) is 5.60 Å². The molecule has 0 fully saturated rings. The summed E-state index contributed by atoms with van der Waals surface area (Å²) in [5.41, 5.74) is 4.16. The molecule has 19 heavy (non-hydrogen) atoms. The molecule has 1 N–H and O–H groups in total. The smallest absolute Gasteiger partial charge is 0.160 e. The lowest BCUT2D eigenvalue weighted by Gasteiger charge is -2.17. The molecule has 0 spiro atoms. The van der Waals surface area contributed by atoms with Crippen LogP contribution in [0, 0.1) is 20.8 Å². The Morgan fingerprint density at radius 2 is 1.68 bits per heavy atom. The Balaban J connectivity index is 2.63. The first-order chi connectivity index (χ1) is 8.77. The second-order valence-corrected chi connectivity index (χ2v) is 5.60. The minimum absolute atomic E-state index is 0.461. The summed E-state index contributed by atoms with van der Waals surface area (Å²) in [6.07, 6.45) is 0. The lowest BCUT2D eigenvalue weighted by atomic mass is 10.0. The second-order valence-electron chi connectivity index (χ2n) is 5.60. The summed E-state index contributed by atoms with van der Waals surface area (Å²) in [6, 6.07) is 8.25. The number of hydrogen-bond donors (Lipinski definition) is 1. The van der Waals surface area contributed by atoms with Crippen LogP contribution in [0.3, 0.4) is 0 Å². The minimum Gasteiger partial charge on any atom is -0.382 e. The number of aryl methyl sites for hydroxylation is 3. The molecular weight excluding hydrogens is 236 g/mol. The van der Waals surface area contributed by atoms with Crippen molar-refractivity contribution in [3.05, 3.63) is 46.9 Å². The summed E-state index contributed by atoms with van der Waals surface area (Å²) in [6.45, 7) is 9.46. The van der Waals surface area contributed by atoms with E-state index in [9.17, 15) is 5.11 Å². The van der Waals surface area contributed by atoms with Crippen molar-refractivity contribution in [1.29, 1.82) is 0 Å². The van der Waals surface area contributed by atoms with Crippen molar-refractivity contribution in [2.24, 2.45) is 0 Å². The summed E-state index contributed by atoms with van der Waals surface area (Å²) in [5.74, 6) is 0.461. The molecule has 1 aromatic heterocycles. The van der Waals surface area contributed by atoms with Crippen molar-refractivity contribution in [1.82, 2.24) is 9.97 Å². The van der Waals surface area contributed by atoms with Gasteiger partial charge >= 0.3 is 0 Å². The van der Waals surface area contributed by atoms with E-state index in [0.29, 0.717) is 5.82 Å². The van der Waals surface area contributed by atoms with E-state index in [4.69, 9.17) is 0 Å². The van der Waals surface area contributed by atoms with E-state index in [1.165, 1.54) is 11.1 Å². The number of aromatic nitrogens is 2. The van der Waals surface area contributed by atoms with Crippen LogP contribution in [0.5, 0.6) is 0 Å². The van der Waals surface area contributed by atoms with Gasteiger partial charge in [0.15, 0.2) is 5.82 Å². The van der Waals surface area contributed by atoms with Crippen LogP contribution < -0.4 is 0 Å². The van der Waals surface area contributed by atoms with E-state index in [2.05, 4.69) is 42.0 Å². The number of hydrogen-bond acceptors (Lipinski definition) is 3. The molecule has 0 radical (unpaired) electrons. The number of nitrogens with zero attached hydrogens (tertiary/aromatic N) is 2. The fraction of sp³-hybridized carbons (Fsp3) is 0.375. The summed E-state index contributed by atoms with van der Waals surface area (Å²) in [4.78, 5) is 8.84. The quantitative estimate of drug-likeness (QED) is 0.896. The van der Waals surface area contributed by atoms with Gasteiger partial charge in [0.2, 0.25) is 0 Å². The van der Waals surface area contributed by atoms with Gasteiger partial charge in [-0.3, -0.25) is 0 Å². The molecule has 0 aliphatic carbocycles. The molecule has 3 nitrogen and oxygen atoms in total. The maximum absolute atomic E-state index is 10.1. The molecule has 0 saturated carbocycles. The summed E-state index contributed by atoms with van der Waals surface area (Å²) < 4.78 is 0. The maximum atomic E-state index is 10.1. The molecule has 2 rings (SSSR count). The number of aliphatic hydroxyl groups is 1. The highest BCUT2D eigenvalue weighted by Crippen LogP contribution is 2.25. The predicted octanol–water partition coefficient (Wildman–Crippen LogP) is 3.30. The van der Waals surface area contributed by atoms with Crippen LogP contribution in [0.2, 0.25) is 0 Å². The van der Waals surface area contributed by atoms with Gasteiger partial charge in [0.25, 0.3) is 0 Å². The Labute approximate surface area is 114 Å². The molecule has 0 saturated heterocycles. The van der Waals surface area contributed by atoms with Gasteiger partial charge in [0.05, 0.1) is 5.69 Å². The lowest BCUT2D eigenvalue weighted by Crippen LogP contribution is -2.20. The van der Waals surface area contributed by atoms with Crippen LogP contribution in [0.4, 0.5) is 0 Å². The Morgan fingerprint density at radius 1 is 1.00 bits per heavy atom. The molecule has 0 amide bonds. The van der Waals surface area contributed by atoms with Gasteiger partial charge < -0.3 is 5.11 Å². The first kappa shape index (κ1) is 13.7. The van der Waals surface area contributed by atoms with Crippen molar-refractivity contribution in [2.75, 3.05) is 0 Å². The summed E-state index contributed by atoms with van der Waals surface area (Å²) in [5, 5.41) is 10.1. The largest absolute Gasteiger partial charge is 0.382 e. The average Bonchev–Trinajstić information content (AvgIpc) is 2.30. The molecule has 0 atom stereocenters. The Morgan fingerprint density at radius 3 is 2.32 bits per heavy atom. The average molecular weight is 256 g/mol. The predicted molar refractivity (Wildman–Crippen MR) is 76.9 cm³/mol. The SMILES string of the molecule is Cc1ccc(C)c(-c2cc(C)nc(C(C)(C)O)n2)c1. The minimum atomic E-state index is -1.03. The highest BCUT2D eigenvalue weighted by molar-refractivity contribution is 5.64. The fourth-order valence-electron chi connectivity index (χ4n) is 1.99. The molecule has 2 aromatic rings. The topological polar surface area (TPSA) is 46.0 Å². The maximum Gasteiger partial charge on any atom is 0.160 e. The van der Waals surface area contributed by atoms with Crippen molar-refractivity contribution in [3.63, 3.8) is 0 Å². The standard InChI is InChI=1S/C16H20N2O/c1-10-6-7-11(2)13(8-10)14-9-12(3)17-15(18-14)16(4,5)19/h6-9,19H,1-5H3. The Kier molecular flexibility index (Phi) is 3.42. The highest BCUT2D eigenvalue weighted by Gasteiger charge is 2.21. The summed E-state index contributed by atoms with van der Waals surface area (Å²) in [7, 11) is 0. The van der Waals surface area contributed by atoms with E-state index in [-0.39, 0.29) is 0 Å². The monoisotopic (exact) mass is 256 g/mol. The van der Waals surface area contributed by atoms with Crippen LogP contribution in [0.15, 0.2) is 24.3 Å². The third kappa shape index (κ3) is 2.99. The molecule has 0 bridgehead atoms. The highest BCUT2D eigenvalue weighted by atomic mass is 16.3. The van der Waals surface area contributed by atoms with Crippen LogP contribution in [-0.2, 0) is 5.60 Å². The zero-order valence-electron chi connectivity index (χ0n) is 12.2. The molecule has 0 aliphatic heterocycles. The van der Waals surface area contributed by atoms with E-state index < -0.39 is 5.60 Å². The Hall–Kier alpha value is -1.74. The van der Waals surface area contributed by atoms with Crippen LogP contribution in [0.1, 0.15) is 36.5 Å². The normalized spacial score (nSPS) is 11.7. The third-order valence-electron chi connectivity index (χ3n) is 3.07. The van der Waals surface area contributed by atoms with Crippen LogP contribution in [-0.4, -0.2) is 15.1 Å². The molecular formula is C16H20N2O. The van der Waals surface area contributed by atoms with Gasteiger partial charge in [-0.15, -0.1) is 0 Å². The van der Waals surface area contributed by atoms with Crippen molar-refractivity contribution in [2.45, 2.75) is 40.2 Å². The van der Waals surface area contributed by atoms with Crippen LogP contribution >= 0.6 is 0 Å². The molecule has 0 aliphatic rings. The Bertz CT molecular complexity index is 613. The molecule has 100 valence electrons. The molecule has 0 unspecified atom stereocenters. The number of rotatable bonds is 2. The van der Waals surface area contributed by atoms with Crippen LogP contribution in [0.25, 0.3) is 11.3 Å². The van der Waals surface area contributed by atoms with Gasteiger partial charge in [-0.2, -0.15) is 0 Å². The molecule has 3 heteroatoms. The first-order valence-electron chi connectivity index (χ1n) is 6.43. The van der Waals surface area contributed by atoms with E-state index >= 15 is 0 Å². The van der Waals surface area contributed by atoms with Gasteiger partial charge in [0, 0.05) is 11.3 Å². The zero-order chi connectivity index (χ0) is 14.2. The van der Waals surface area contributed by atoms with Gasteiger partial charge in [-0.25, -0.2) is 9.97 Å². The molecule has 1 heterocycles. The van der Waals surface area contributed by atoms with E-state index in [1.54, 1.807) is 13.8 Å². The fourth-order valence-corrected chi connectivity index (χ4v) is 1.99. The molecule has 1 aromatic carbocycles. The van der Waals surface area contributed by atoms with Gasteiger partial charge in [-0.1, -0.05) is 17.7 Å². The van der Waals surface area contributed by atoms with Gasteiger partial charge in [-0.05, 0) is 52.3 Å². The second kappa shape index (κ2) is 4.74. The van der Waals surface area contributed by atoms with E-state index in [1.807, 2.05) is 13.0 Å². The van der Waals surface area contributed by atoms with Crippen molar-refractivity contribution < 1.29 is 5.11 Å². The first-order valence-corrected chi connectivity index (χ1v) is 6.43. The lowest BCUT2D eigenvalue weighted by molar-refractivity contribution is 0.0686. The summed E-state index contributed by atoms with van der Waals surface area (Å²) >= 11 is 0. The van der Waals surface area contributed by atoms with E-state index in [0.717, 1.165) is 17.0 Å². The zero-order valence-corrected chi connectivity index (χ0v) is 12.2. The number of benzene rings is 1. The van der Waals surface area contributed by atoms with Crippen molar-refractivity contribution >= 4 is 0 Å².